The quantitative estimate of drug-likeness (QED) is 0.581. The largest absolute Gasteiger partial charge is 0.348 e. The Kier molecular flexibility index (Phi) is 6.81. The number of aromatic nitrogens is 4. The van der Waals surface area contributed by atoms with Gasteiger partial charge in [-0.05, 0) is 48.4 Å². The Morgan fingerprint density at radius 3 is 2.54 bits per heavy atom. The van der Waals surface area contributed by atoms with Gasteiger partial charge in [0, 0.05) is 0 Å². The van der Waals surface area contributed by atoms with Gasteiger partial charge in [0.25, 0.3) is 0 Å². The molecule has 0 bridgehead atoms. The molecule has 1 heterocycles. The molecule has 7 heteroatoms. The van der Waals surface area contributed by atoms with Gasteiger partial charge in [-0.25, -0.2) is 0 Å². The number of benzene rings is 2. The minimum absolute atomic E-state index is 0.00911. The fourth-order valence-corrected chi connectivity index (χ4v) is 3.71. The lowest BCUT2D eigenvalue weighted by atomic mass is 10.0. The molecule has 0 spiro atoms. The molecule has 0 aliphatic rings. The number of aryl methyl sites for hydroxylation is 1. The van der Waals surface area contributed by atoms with Crippen LogP contribution in [0.1, 0.15) is 43.9 Å². The van der Waals surface area contributed by atoms with Crippen molar-refractivity contribution in [2.75, 3.05) is 0 Å². The van der Waals surface area contributed by atoms with Gasteiger partial charge in [-0.3, -0.25) is 4.79 Å². The number of nitrogens with zero attached hydrogens (tertiary/aromatic N) is 4. The lowest BCUT2D eigenvalue weighted by Crippen LogP contribution is -2.34. The molecule has 0 aliphatic carbocycles. The maximum absolute atomic E-state index is 12.8. The van der Waals surface area contributed by atoms with Crippen LogP contribution in [0.4, 0.5) is 0 Å². The van der Waals surface area contributed by atoms with E-state index in [2.05, 4.69) is 39.9 Å². The third kappa shape index (κ3) is 4.98. The van der Waals surface area contributed by atoms with Gasteiger partial charge < -0.3 is 5.32 Å². The topological polar surface area (TPSA) is 72.7 Å². The highest BCUT2D eigenvalue weighted by Gasteiger charge is 2.22. The molecule has 0 fully saturated rings. The van der Waals surface area contributed by atoms with E-state index in [0.29, 0.717) is 5.16 Å². The van der Waals surface area contributed by atoms with Gasteiger partial charge in [0.2, 0.25) is 11.1 Å². The summed E-state index contributed by atoms with van der Waals surface area (Å²) < 4.78 is 1.66. The van der Waals surface area contributed by atoms with E-state index in [1.807, 2.05) is 56.3 Å². The van der Waals surface area contributed by atoms with E-state index in [1.54, 1.807) is 4.68 Å². The average molecular weight is 396 g/mol. The summed E-state index contributed by atoms with van der Waals surface area (Å²) >= 11 is 1.35. The highest BCUT2D eigenvalue weighted by atomic mass is 32.2. The van der Waals surface area contributed by atoms with E-state index in [9.17, 15) is 4.79 Å². The van der Waals surface area contributed by atoms with Crippen molar-refractivity contribution in [1.29, 1.82) is 0 Å². The predicted molar refractivity (Wildman–Crippen MR) is 111 cm³/mol. The molecule has 2 aromatic carbocycles. The number of rotatable bonds is 8. The number of tetrazole rings is 1. The Labute approximate surface area is 169 Å². The van der Waals surface area contributed by atoms with Crippen molar-refractivity contribution in [2.24, 2.45) is 0 Å². The maximum atomic E-state index is 12.8. The van der Waals surface area contributed by atoms with Crippen LogP contribution < -0.4 is 5.32 Å². The van der Waals surface area contributed by atoms with Crippen LogP contribution in [0, 0.1) is 6.92 Å². The van der Waals surface area contributed by atoms with Crippen molar-refractivity contribution in [2.45, 2.75) is 50.1 Å². The first kappa shape index (κ1) is 20.1. The van der Waals surface area contributed by atoms with Gasteiger partial charge in [-0.15, -0.1) is 5.10 Å². The van der Waals surface area contributed by atoms with E-state index in [1.165, 1.54) is 17.3 Å². The Morgan fingerprint density at radius 2 is 1.86 bits per heavy atom. The molecule has 6 nitrogen and oxygen atoms in total. The highest BCUT2D eigenvalue weighted by molar-refractivity contribution is 8.00. The normalized spacial score (nSPS) is 13.1. The molecule has 2 atom stereocenters. The van der Waals surface area contributed by atoms with Crippen molar-refractivity contribution in [3.05, 3.63) is 65.7 Å². The summed E-state index contributed by atoms with van der Waals surface area (Å²) in [5.74, 6) is -0.0224. The minimum atomic E-state index is -0.321. The number of carbonyl (C=O) groups is 1. The van der Waals surface area contributed by atoms with Crippen LogP contribution in [-0.2, 0) is 4.79 Å². The number of thioether (sulfide) groups is 1. The van der Waals surface area contributed by atoms with E-state index in [4.69, 9.17) is 0 Å². The SMILES string of the molecule is CCCC(NC(=O)C(C)Sc1nnnn1-c1ccc(C)cc1)c1ccccc1. The Bertz CT molecular complexity index is 895. The third-order valence-electron chi connectivity index (χ3n) is 4.47. The van der Waals surface area contributed by atoms with Crippen LogP contribution in [0.25, 0.3) is 5.69 Å². The van der Waals surface area contributed by atoms with Crippen molar-refractivity contribution in [3.63, 3.8) is 0 Å². The molecule has 0 saturated heterocycles. The van der Waals surface area contributed by atoms with Crippen LogP contribution in [0.2, 0.25) is 0 Å². The lowest BCUT2D eigenvalue weighted by molar-refractivity contribution is -0.121. The zero-order valence-corrected chi connectivity index (χ0v) is 17.2. The third-order valence-corrected chi connectivity index (χ3v) is 5.50. The fourth-order valence-electron chi connectivity index (χ4n) is 2.90. The summed E-state index contributed by atoms with van der Waals surface area (Å²) in [5.41, 5.74) is 3.17. The lowest BCUT2D eigenvalue weighted by Gasteiger charge is -2.21. The molecule has 0 radical (unpaired) electrons. The molecule has 1 amide bonds. The predicted octanol–water partition coefficient (Wildman–Crippen LogP) is 4.11. The van der Waals surface area contributed by atoms with Crippen LogP contribution in [0.3, 0.4) is 0 Å². The number of nitrogens with one attached hydrogen (secondary N) is 1. The smallest absolute Gasteiger partial charge is 0.233 e. The maximum Gasteiger partial charge on any atom is 0.233 e. The minimum Gasteiger partial charge on any atom is -0.348 e. The van der Waals surface area contributed by atoms with Crippen molar-refractivity contribution < 1.29 is 4.79 Å². The Hall–Kier alpha value is -2.67. The van der Waals surface area contributed by atoms with E-state index in [-0.39, 0.29) is 17.2 Å². The zero-order chi connectivity index (χ0) is 19.9. The number of hydrogen-bond acceptors (Lipinski definition) is 5. The van der Waals surface area contributed by atoms with Crippen LogP contribution in [0.5, 0.6) is 0 Å². The van der Waals surface area contributed by atoms with Crippen LogP contribution in [-0.4, -0.2) is 31.4 Å². The molecule has 0 aliphatic heterocycles. The van der Waals surface area contributed by atoms with Gasteiger partial charge in [0.05, 0.1) is 17.0 Å². The van der Waals surface area contributed by atoms with E-state index in [0.717, 1.165) is 24.1 Å². The van der Waals surface area contributed by atoms with Gasteiger partial charge in [0.15, 0.2) is 0 Å². The first-order valence-electron chi connectivity index (χ1n) is 9.46. The van der Waals surface area contributed by atoms with Gasteiger partial charge in [0.1, 0.15) is 0 Å². The van der Waals surface area contributed by atoms with Crippen molar-refractivity contribution in [3.8, 4) is 5.69 Å². The molecule has 28 heavy (non-hydrogen) atoms. The second-order valence-electron chi connectivity index (χ2n) is 6.73. The summed E-state index contributed by atoms with van der Waals surface area (Å²) in [6, 6.07) is 18.0. The number of hydrogen-bond donors (Lipinski definition) is 1. The van der Waals surface area contributed by atoms with Crippen molar-refractivity contribution in [1.82, 2.24) is 25.5 Å². The number of amides is 1. The summed E-state index contributed by atoms with van der Waals surface area (Å²) in [6.45, 7) is 6.03. The molecular weight excluding hydrogens is 370 g/mol. The molecule has 3 rings (SSSR count). The molecule has 146 valence electrons. The van der Waals surface area contributed by atoms with Gasteiger partial charge in [-0.2, -0.15) is 4.68 Å². The summed E-state index contributed by atoms with van der Waals surface area (Å²) in [5, 5.41) is 15.4. The van der Waals surface area contributed by atoms with E-state index < -0.39 is 0 Å². The van der Waals surface area contributed by atoms with Gasteiger partial charge >= 0.3 is 0 Å². The average Bonchev–Trinajstić information content (AvgIpc) is 3.17. The molecule has 0 saturated carbocycles. The van der Waals surface area contributed by atoms with E-state index >= 15 is 0 Å². The summed E-state index contributed by atoms with van der Waals surface area (Å²) in [7, 11) is 0. The molecule has 2 unspecified atom stereocenters. The molecule has 1 N–H and O–H groups in total. The first-order valence-corrected chi connectivity index (χ1v) is 10.3. The van der Waals surface area contributed by atoms with Gasteiger partial charge in [-0.1, -0.05) is 73.1 Å². The molecule has 3 aromatic rings. The first-order chi connectivity index (χ1) is 13.6. The Morgan fingerprint density at radius 1 is 1.14 bits per heavy atom. The number of carbonyl (C=O) groups excluding carboxylic acids is 1. The molecule has 1 aromatic heterocycles. The molecular formula is C21H25N5OS. The highest BCUT2D eigenvalue weighted by Crippen LogP contribution is 2.25. The standard InChI is InChI=1S/C21H25N5OS/c1-4-8-19(17-9-6-5-7-10-17)22-20(27)16(3)28-21-23-24-25-26(21)18-13-11-15(2)12-14-18/h5-7,9-14,16,19H,4,8H2,1-3H3,(H,22,27). The van der Waals surface area contributed by atoms with Crippen LogP contribution >= 0.6 is 11.8 Å². The summed E-state index contributed by atoms with van der Waals surface area (Å²) in [6.07, 6.45) is 1.89. The van der Waals surface area contributed by atoms with Crippen molar-refractivity contribution >= 4 is 17.7 Å². The second-order valence-corrected chi connectivity index (χ2v) is 8.04. The fraction of sp³-hybridized carbons (Fsp3) is 0.333. The zero-order valence-electron chi connectivity index (χ0n) is 16.4. The van der Waals surface area contributed by atoms with Crippen LogP contribution in [0.15, 0.2) is 59.8 Å². The summed E-state index contributed by atoms with van der Waals surface area (Å²) in [4.78, 5) is 12.8. The second kappa shape index (κ2) is 9.50. The monoisotopic (exact) mass is 395 g/mol. The Balaban J connectivity index is 1.69.